The lowest BCUT2D eigenvalue weighted by molar-refractivity contribution is -0.136. The van der Waals surface area contributed by atoms with Gasteiger partial charge in [-0.3, -0.25) is 14.3 Å². The number of piperidine rings is 1. The van der Waals surface area contributed by atoms with Crippen LogP contribution in [0.3, 0.4) is 0 Å². The molecule has 1 aliphatic rings. The van der Waals surface area contributed by atoms with Crippen molar-refractivity contribution in [3.63, 3.8) is 0 Å². The molecule has 43 heavy (non-hydrogen) atoms. The number of halogens is 2. The van der Waals surface area contributed by atoms with Gasteiger partial charge in [0, 0.05) is 56.6 Å². The molecule has 1 saturated heterocycles. The highest BCUT2D eigenvalue weighted by Crippen LogP contribution is 2.40. The average molecular weight is 587 g/mol. The molecular weight excluding hydrogens is 558 g/mol. The number of carbonyl (C=O) groups excluding carboxylic acids is 2. The zero-order valence-corrected chi connectivity index (χ0v) is 23.5. The summed E-state index contributed by atoms with van der Waals surface area (Å²) >= 11 is 0. The Morgan fingerprint density at radius 3 is 2.53 bits per heavy atom. The highest BCUT2D eigenvalue weighted by molar-refractivity contribution is 6.03. The minimum atomic E-state index is -0.759. The number of ether oxygens (including phenoxy) is 1. The molecule has 0 saturated carbocycles. The van der Waals surface area contributed by atoms with E-state index in [2.05, 4.69) is 15.3 Å². The fourth-order valence-electron chi connectivity index (χ4n) is 5.49. The molecule has 2 amide bonds. The van der Waals surface area contributed by atoms with Gasteiger partial charge in [-0.2, -0.15) is 14.6 Å². The minimum Gasteiger partial charge on any atom is -0.375 e. The summed E-state index contributed by atoms with van der Waals surface area (Å²) in [6.07, 6.45) is 4.24. The normalized spacial score (nSPS) is 13.9. The number of fused-ring (bicyclic) bond motifs is 1. The summed E-state index contributed by atoms with van der Waals surface area (Å²) in [7, 11) is 3.38. The second-order valence-corrected chi connectivity index (χ2v) is 10.3. The lowest BCUT2D eigenvalue weighted by atomic mass is 9.88. The van der Waals surface area contributed by atoms with Crippen LogP contribution in [0.25, 0.3) is 28.2 Å². The van der Waals surface area contributed by atoms with Crippen molar-refractivity contribution < 1.29 is 23.1 Å². The van der Waals surface area contributed by atoms with Crippen LogP contribution in [0, 0.1) is 11.8 Å². The molecule has 1 aromatic carbocycles. The molecule has 1 N–H and O–H groups in total. The molecule has 0 bridgehead atoms. The monoisotopic (exact) mass is 586 g/mol. The van der Waals surface area contributed by atoms with E-state index in [-0.39, 0.29) is 35.6 Å². The van der Waals surface area contributed by atoms with E-state index in [0.29, 0.717) is 30.1 Å². The lowest BCUT2D eigenvalue weighted by Gasteiger charge is -2.32. The predicted molar refractivity (Wildman–Crippen MR) is 153 cm³/mol. The average Bonchev–Trinajstić information content (AvgIpc) is 3.57. The Bertz CT molecular complexity index is 1810. The van der Waals surface area contributed by atoms with Crippen LogP contribution in [0.15, 0.2) is 60.9 Å². The molecule has 0 atom stereocenters. The van der Waals surface area contributed by atoms with E-state index in [4.69, 9.17) is 14.9 Å². The molecule has 1 aliphatic heterocycles. The number of benzene rings is 1. The van der Waals surface area contributed by atoms with Crippen molar-refractivity contribution in [2.45, 2.75) is 18.8 Å². The fourth-order valence-corrected chi connectivity index (χ4v) is 5.49. The molecule has 13 heteroatoms. The number of nitrogens with one attached hydrogen (secondary N) is 1. The number of hydrogen-bond donors (Lipinski definition) is 1. The number of carbonyl (C=O) groups is 2. The van der Waals surface area contributed by atoms with Crippen LogP contribution in [0.2, 0.25) is 0 Å². The lowest BCUT2D eigenvalue weighted by Crippen LogP contribution is -2.40. The highest BCUT2D eigenvalue weighted by Gasteiger charge is 2.31. The van der Waals surface area contributed by atoms with Gasteiger partial charge in [0.1, 0.15) is 18.1 Å². The van der Waals surface area contributed by atoms with E-state index in [1.807, 2.05) is 22.7 Å². The first kappa shape index (κ1) is 28.1. The van der Waals surface area contributed by atoms with Crippen molar-refractivity contribution in [1.82, 2.24) is 34.3 Å². The van der Waals surface area contributed by atoms with Crippen LogP contribution >= 0.6 is 0 Å². The summed E-state index contributed by atoms with van der Waals surface area (Å²) < 4.78 is 35.7. The molecule has 5 aromatic rings. The molecule has 6 rings (SSSR count). The smallest absolute Gasteiger partial charge is 0.257 e. The Kier molecular flexibility index (Phi) is 7.63. The SMILES string of the molecule is COCC(=O)N1CCC(c2c(-c3ccc4nc(NC(=O)c5ccnc(F)c5)cn4n3)c(-c3ccc(F)cc3)nn2C)CC1. The van der Waals surface area contributed by atoms with Gasteiger partial charge in [-0.1, -0.05) is 0 Å². The van der Waals surface area contributed by atoms with Crippen LogP contribution in [-0.4, -0.2) is 72.9 Å². The van der Waals surface area contributed by atoms with Crippen molar-refractivity contribution in [3.05, 3.63) is 83.9 Å². The minimum absolute atomic E-state index is 0.0395. The van der Waals surface area contributed by atoms with Crippen LogP contribution in [-0.2, 0) is 16.6 Å². The number of methoxy groups -OCH3 is 1. The summed E-state index contributed by atoms with van der Waals surface area (Å²) in [5, 5.41) is 12.3. The maximum Gasteiger partial charge on any atom is 0.257 e. The maximum absolute atomic E-state index is 13.8. The predicted octanol–water partition coefficient (Wildman–Crippen LogP) is 4.07. The Hall–Kier alpha value is -5.04. The van der Waals surface area contributed by atoms with Crippen LogP contribution in [0.5, 0.6) is 0 Å². The van der Waals surface area contributed by atoms with Gasteiger partial charge >= 0.3 is 0 Å². The Balaban J connectivity index is 1.36. The third kappa shape index (κ3) is 5.71. The van der Waals surface area contributed by atoms with Crippen LogP contribution in [0.1, 0.15) is 34.8 Å². The van der Waals surface area contributed by atoms with Crippen molar-refractivity contribution in [2.75, 3.05) is 32.1 Å². The third-order valence-electron chi connectivity index (χ3n) is 7.52. The van der Waals surface area contributed by atoms with E-state index in [1.54, 1.807) is 28.9 Å². The van der Waals surface area contributed by atoms with E-state index >= 15 is 0 Å². The molecule has 220 valence electrons. The molecule has 11 nitrogen and oxygen atoms in total. The van der Waals surface area contributed by atoms with E-state index < -0.39 is 11.9 Å². The molecule has 1 fully saturated rings. The number of rotatable bonds is 7. The van der Waals surface area contributed by atoms with Gasteiger partial charge in [0.25, 0.3) is 5.91 Å². The molecule has 5 heterocycles. The summed E-state index contributed by atoms with van der Waals surface area (Å²) in [5.74, 6) is -1.35. The first-order valence-corrected chi connectivity index (χ1v) is 13.7. The Labute approximate surface area is 245 Å². The van der Waals surface area contributed by atoms with E-state index in [9.17, 15) is 18.4 Å². The molecule has 4 aromatic heterocycles. The Morgan fingerprint density at radius 1 is 1.05 bits per heavy atom. The number of amides is 2. The second kappa shape index (κ2) is 11.7. The van der Waals surface area contributed by atoms with Gasteiger partial charge in [0.15, 0.2) is 11.5 Å². The van der Waals surface area contributed by atoms with Gasteiger partial charge in [-0.15, -0.1) is 0 Å². The highest BCUT2D eigenvalue weighted by atomic mass is 19.1. The van der Waals surface area contributed by atoms with Gasteiger partial charge in [-0.05, 0) is 55.3 Å². The van der Waals surface area contributed by atoms with Crippen LogP contribution in [0.4, 0.5) is 14.6 Å². The Morgan fingerprint density at radius 2 is 1.81 bits per heavy atom. The van der Waals surface area contributed by atoms with Crippen molar-refractivity contribution in [2.24, 2.45) is 7.05 Å². The van der Waals surface area contributed by atoms with Gasteiger partial charge in [0.2, 0.25) is 11.9 Å². The standard InChI is InChI=1S/C30H28F2N8O3/c1-38-29(19-10-13-39(14-11-19)26(41)17-43-2)27(28(37-38)18-3-5-21(31)6-4-18)22-7-8-25-34-24(16-40(25)36-22)35-30(42)20-9-12-33-23(32)15-20/h3-9,12,15-16,19H,10-11,13-14,17H2,1-2H3,(H,35,42). The number of likely N-dealkylation sites (tertiary alicyclic amines) is 1. The number of hydrogen-bond acceptors (Lipinski definition) is 7. The molecular formula is C30H28F2N8O3. The van der Waals surface area contributed by atoms with Gasteiger partial charge in [0.05, 0.1) is 23.1 Å². The van der Waals surface area contributed by atoms with Gasteiger partial charge in [-0.25, -0.2) is 18.9 Å². The topological polar surface area (TPSA) is 120 Å². The molecule has 0 aliphatic carbocycles. The number of anilines is 1. The summed E-state index contributed by atoms with van der Waals surface area (Å²) in [5.41, 5.74) is 4.34. The number of imidazole rings is 1. The van der Waals surface area contributed by atoms with Crippen LogP contribution < -0.4 is 5.32 Å². The molecule has 0 radical (unpaired) electrons. The summed E-state index contributed by atoms with van der Waals surface area (Å²) in [6, 6.07) is 12.2. The van der Waals surface area contributed by atoms with Crippen molar-refractivity contribution in [3.8, 4) is 22.5 Å². The molecule has 0 unspecified atom stereocenters. The largest absolute Gasteiger partial charge is 0.375 e. The molecule has 0 spiro atoms. The zero-order chi connectivity index (χ0) is 30.1. The van der Waals surface area contributed by atoms with Gasteiger partial charge < -0.3 is 15.0 Å². The van der Waals surface area contributed by atoms with E-state index in [1.165, 1.54) is 31.5 Å². The number of nitrogens with zero attached hydrogens (tertiary/aromatic N) is 7. The van der Waals surface area contributed by atoms with Crippen molar-refractivity contribution >= 4 is 23.3 Å². The summed E-state index contributed by atoms with van der Waals surface area (Å²) in [6.45, 7) is 1.22. The first-order valence-electron chi connectivity index (χ1n) is 13.7. The van der Waals surface area contributed by atoms with Crippen molar-refractivity contribution in [1.29, 1.82) is 0 Å². The number of aryl methyl sites for hydroxylation is 1. The quantitative estimate of drug-likeness (QED) is 0.286. The number of pyridine rings is 1. The maximum atomic E-state index is 13.8. The summed E-state index contributed by atoms with van der Waals surface area (Å²) in [4.78, 5) is 34.7. The second-order valence-electron chi connectivity index (χ2n) is 10.3. The third-order valence-corrected chi connectivity index (χ3v) is 7.52. The fraction of sp³-hybridized carbons (Fsp3) is 0.267. The first-order chi connectivity index (χ1) is 20.8. The van der Waals surface area contributed by atoms with E-state index in [0.717, 1.165) is 35.7 Å². The zero-order valence-electron chi connectivity index (χ0n) is 23.5. The number of aromatic nitrogens is 6.